The normalized spacial score (nSPS) is 15.1. The second kappa shape index (κ2) is 3.41. The third kappa shape index (κ3) is 1.59. The molecule has 0 bridgehead atoms. The van der Waals surface area contributed by atoms with Crippen LogP contribution >= 0.6 is 0 Å². The smallest absolute Gasteiger partial charge is 0.341 e. The summed E-state index contributed by atoms with van der Waals surface area (Å²) in [7, 11) is 1.71. The molecule has 0 spiro atoms. The minimum atomic E-state index is -1.03. The molecule has 0 unspecified atom stereocenters. The van der Waals surface area contributed by atoms with Crippen LogP contribution in [0.2, 0.25) is 0 Å². The number of aryl methyl sites for hydroxylation is 1. The zero-order chi connectivity index (χ0) is 12.0. The first-order valence-corrected chi connectivity index (χ1v) is 5.26. The number of rotatable bonds is 3. The highest BCUT2D eigenvalue weighted by molar-refractivity contribution is 5.95. The van der Waals surface area contributed by atoms with Gasteiger partial charge in [0.05, 0.1) is 6.20 Å². The van der Waals surface area contributed by atoms with Crippen molar-refractivity contribution >= 4 is 5.97 Å². The summed E-state index contributed by atoms with van der Waals surface area (Å²) in [6.45, 7) is 0. The summed E-state index contributed by atoms with van der Waals surface area (Å²) in [5, 5.41) is 20.6. The number of hydrogen-bond acceptors (Lipinski definition) is 5. The molecule has 7 nitrogen and oxygen atoms in total. The first-order chi connectivity index (χ1) is 8.16. The standard InChI is InChI=1S/C10H10N4O3/c1-14-4-6(11-13-14)8-7(10(15)16)9(17-12-8)5-2-3-5/h4-5H,2-3H2,1H3,(H,15,16). The fourth-order valence-electron chi connectivity index (χ4n) is 1.76. The Morgan fingerprint density at radius 1 is 1.59 bits per heavy atom. The molecule has 0 amide bonds. The Morgan fingerprint density at radius 3 is 2.88 bits per heavy atom. The van der Waals surface area contributed by atoms with Gasteiger partial charge in [-0.25, -0.2) is 4.79 Å². The summed E-state index contributed by atoms with van der Waals surface area (Å²) in [6.07, 6.45) is 3.52. The van der Waals surface area contributed by atoms with Gasteiger partial charge in [0.15, 0.2) is 11.5 Å². The van der Waals surface area contributed by atoms with Crippen molar-refractivity contribution in [2.45, 2.75) is 18.8 Å². The zero-order valence-corrected chi connectivity index (χ0v) is 9.12. The van der Waals surface area contributed by atoms with Crippen molar-refractivity contribution in [1.82, 2.24) is 20.2 Å². The summed E-state index contributed by atoms with van der Waals surface area (Å²) in [5.74, 6) is -0.383. The molecule has 2 aromatic heterocycles. The van der Waals surface area contributed by atoms with Crippen LogP contribution in [0.5, 0.6) is 0 Å². The number of hydrogen-bond donors (Lipinski definition) is 1. The highest BCUT2D eigenvalue weighted by Crippen LogP contribution is 2.43. The van der Waals surface area contributed by atoms with Gasteiger partial charge in [0.25, 0.3) is 0 Å². The predicted molar refractivity (Wildman–Crippen MR) is 55.4 cm³/mol. The molecular formula is C10H10N4O3. The molecule has 88 valence electrons. The maximum absolute atomic E-state index is 11.3. The van der Waals surface area contributed by atoms with Crippen LogP contribution in [0, 0.1) is 0 Å². The highest BCUT2D eigenvalue weighted by atomic mass is 16.5. The summed E-state index contributed by atoms with van der Waals surface area (Å²) >= 11 is 0. The van der Waals surface area contributed by atoms with Gasteiger partial charge in [-0.2, -0.15) is 0 Å². The van der Waals surface area contributed by atoms with Crippen LogP contribution in [-0.2, 0) is 7.05 Å². The van der Waals surface area contributed by atoms with Crippen molar-refractivity contribution in [2.24, 2.45) is 7.05 Å². The van der Waals surface area contributed by atoms with Gasteiger partial charge in [-0.15, -0.1) is 5.10 Å². The number of aromatic nitrogens is 4. The van der Waals surface area contributed by atoms with Crippen molar-refractivity contribution in [3.63, 3.8) is 0 Å². The first-order valence-electron chi connectivity index (χ1n) is 5.26. The van der Waals surface area contributed by atoms with E-state index in [1.165, 1.54) is 4.68 Å². The van der Waals surface area contributed by atoms with Gasteiger partial charge in [-0.05, 0) is 12.8 Å². The molecule has 0 radical (unpaired) electrons. The van der Waals surface area contributed by atoms with E-state index in [4.69, 9.17) is 4.52 Å². The van der Waals surface area contributed by atoms with E-state index < -0.39 is 5.97 Å². The lowest BCUT2D eigenvalue weighted by Gasteiger charge is -1.94. The molecule has 17 heavy (non-hydrogen) atoms. The van der Waals surface area contributed by atoms with Gasteiger partial charge in [-0.1, -0.05) is 10.4 Å². The molecule has 1 fully saturated rings. The molecule has 0 saturated heterocycles. The second-order valence-electron chi connectivity index (χ2n) is 4.13. The van der Waals surface area contributed by atoms with E-state index in [9.17, 15) is 9.90 Å². The average molecular weight is 234 g/mol. The molecule has 3 rings (SSSR count). The lowest BCUT2D eigenvalue weighted by Crippen LogP contribution is -2.00. The second-order valence-corrected chi connectivity index (χ2v) is 4.13. The van der Waals surface area contributed by atoms with Crippen LogP contribution in [0.25, 0.3) is 11.4 Å². The number of carbonyl (C=O) groups is 1. The van der Waals surface area contributed by atoms with E-state index in [1.54, 1.807) is 13.2 Å². The van der Waals surface area contributed by atoms with Gasteiger partial charge < -0.3 is 9.63 Å². The maximum Gasteiger partial charge on any atom is 0.341 e. The van der Waals surface area contributed by atoms with Crippen LogP contribution in [-0.4, -0.2) is 31.2 Å². The Hall–Kier alpha value is -2.18. The fourth-order valence-corrected chi connectivity index (χ4v) is 1.76. The number of carboxylic acid groups (broad SMARTS) is 1. The molecular weight excluding hydrogens is 224 g/mol. The molecule has 7 heteroatoms. The Kier molecular flexibility index (Phi) is 2.01. The number of carboxylic acids is 1. The average Bonchev–Trinajstić information content (AvgIpc) is 2.87. The van der Waals surface area contributed by atoms with Crippen LogP contribution < -0.4 is 0 Å². The van der Waals surface area contributed by atoms with Crippen LogP contribution in [0.4, 0.5) is 0 Å². The van der Waals surface area contributed by atoms with Crippen LogP contribution in [0.1, 0.15) is 34.9 Å². The van der Waals surface area contributed by atoms with Gasteiger partial charge in [0, 0.05) is 13.0 Å². The minimum Gasteiger partial charge on any atom is -0.477 e. The lowest BCUT2D eigenvalue weighted by molar-refractivity contribution is 0.0695. The molecule has 0 atom stereocenters. The maximum atomic E-state index is 11.3. The van der Waals surface area contributed by atoms with Crippen LogP contribution in [0.3, 0.4) is 0 Å². The largest absolute Gasteiger partial charge is 0.477 e. The van der Waals surface area contributed by atoms with Gasteiger partial charge in [0.1, 0.15) is 11.3 Å². The topological polar surface area (TPSA) is 94.0 Å². The van der Waals surface area contributed by atoms with Crippen molar-refractivity contribution in [3.05, 3.63) is 17.5 Å². The predicted octanol–water partition coefficient (Wildman–Crippen LogP) is 1.05. The third-order valence-corrected chi connectivity index (χ3v) is 2.73. The lowest BCUT2D eigenvalue weighted by atomic mass is 10.1. The Balaban J connectivity index is 2.13. The minimum absolute atomic E-state index is 0.119. The molecule has 1 aliphatic rings. The fraction of sp³-hybridized carbons (Fsp3) is 0.400. The molecule has 0 aromatic carbocycles. The molecule has 2 heterocycles. The summed E-state index contributed by atoms with van der Waals surface area (Å²) < 4.78 is 6.63. The zero-order valence-electron chi connectivity index (χ0n) is 9.12. The third-order valence-electron chi connectivity index (χ3n) is 2.73. The summed E-state index contributed by atoms with van der Waals surface area (Å²) in [4.78, 5) is 11.3. The Labute approximate surface area is 96.0 Å². The Morgan fingerprint density at radius 2 is 2.35 bits per heavy atom. The molecule has 1 saturated carbocycles. The SMILES string of the molecule is Cn1cc(-c2noc(C3CC3)c2C(=O)O)nn1. The number of nitrogens with zero attached hydrogens (tertiary/aromatic N) is 4. The molecule has 1 N–H and O–H groups in total. The van der Waals surface area contributed by atoms with Gasteiger partial charge >= 0.3 is 5.97 Å². The van der Waals surface area contributed by atoms with E-state index in [0.717, 1.165) is 12.8 Å². The first kappa shape index (κ1) is 10.0. The monoisotopic (exact) mass is 234 g/mol. The quantitative estimate of drug-likeness (QED) is 0.852. The molecule has 0 aliphatic heterocycles. The van der Waals surface area contributed by atoms with Crippen molar-refractivity contribution in [3.8, 4) is 11.4 Å². The van der Waals surface area contributed by atoms with Crippen molar-refractivity contribution < 1.29 is 14.4 Å². The molecule has 1 aliphatic carbocycles. The number of aromatic carboxylic acids is 1. The Bertz CT molecular complexity index is 582. The van der Waals surface area contributed by atoms with Crippen molar-refractivity contribution in [1.29, 1.82) is 0 Å². The van der Waals surface area contributed by atoms with Gasteiger partial charge in [-0.3, -0.25) is 4.68 Å². The highest BCUT2D eigenvalue weighted by Gasteiger charge is 2.35. The van der Waals surface area contributed by atoms with Gasteiger partial charge in [0.2, 0.25) is 0 Å². The van der Waals surface area contributed by atoms with Crippen LogP contribution in [0.15, 0.2) is 10.7 Å². The van der Waals surface area contributed by atoms with E-state index >= 15 is 0 Å². The summed E-state index contributed by atoms with van der Waals surface area (Å²) in [5.41, 5.74) is 0.793. The van der Waals surface area contributed by atoms with E-state index in [1.807, 2.05) is 0 Å². The van der Waals surface area contributed by atoms with E-state index in [0.29, 0.717) is 11.5 Å². The van der Waals surface area contributed by atoms with E-state index in [-0.39, 0.29) is 17.2 Å². The summed E-state index contributed by atoms with van der Waals surface area (Å²) in [6, 6.07) is 0. The van der Waals surface area contributed by atoms with Crippen molar-refractivity contribution in [2.75, 3.05) is 0 Å². The van der Waals surface area contributed by atoms with E-state index in [2.05, 4.69) is 15.5 Å². The molecule has 2 aromatic rings.